The molecule has 2 N–H and O–H groups in total. The fourth-order valence-corrected chi connectivity index (χ4v) is 4.01. The van der Waals surface area contributed by atoms with Gasteiger partial charge in [0.2, 0.25) is 5.89 Å². The zero-order chi connectivity index (χ0) is 25.7. The highest BCUT2D eigenvalue weighted by atomic mass is 16.5. The lowest BCUT2D eigenvalue weighted by molar-refractivity contribution is 0.0149. The average Bonchev–Trinajstić information content (AvgIpc) is 3.37. The number of aliphatic hydroxyl groups excluding tert-OH is 2. The molecule has 0 spiro atoms. The minimum Gasteiger partial charge on any atom is -0.497 e. The summed E-state index contributed by atoms with van der Waals surface area (Å²) in [5.74, 6) is 1.35. The van der Waals surface area contributed by atoms with Gasteiger partial charge in [-0.1, -0.05) is 19.1 Å². The van der Waals surface area contributed by atoms with Gasteiger partial charge >= 0.3 is 11.8 Å². The Bertz CT molecular complexity index is 1140. The second kappa shape index (κ2) is 11.1. The number of likely N-dealkylation sites (tertiary alicyclic amines) is 1. The van der Waals surface area contributed by atoms with Gasteiger partial charge in [0.25, 0.3) is 0 Å². The predicted molar refractivity (Wildman–Crippen MR) is 132 cm³/mol. The zero-order valence-corrected chi connectivity index (χ0v) is 20.8. The fourth-order valence-electron chi connectivity index (χ4n) is 4.01. The zero-order valence-electron chi connectivity index (χ0n) is 20.8. The molecule has 0 saturated carbocycles. The van der Waals surface area contributed by atoms with Crippen molar-refractivity contribution in [3.63, 3.8) is 0 Å². The Morgan fingerprint density at radius 3 is 2.33 bits per heavy atom. The van der Waals surface area contributed by atoms with Gasteiger partial charge in [-0.25, -0.2) is 0 Å². The van der Waals surface area contributed by atoms with E-state index in [2.05, 4.69) is 15.1 Å². The van der Waals surface area contributed by atoms with Crippen molar-refractivity contribution >= 4 is 5.91 Å². The van der Waals surface area contributed by atoms with E-state index in [1.807, 2.05) is 38.2 Å². The van der Waals surface area contributed by atoms with Crippen LogP contribution in [0.2, 0.25) is 0 Å². The lowest BCUT2D eigenvalue weighted by Gasteiger charge is -2.38. The van der Waals surface area contributed by atoms with Crippen LogP contribution in [0.4, 0.5) is 0 Å². The van der Waals surface area contributed by atoms with E-state index in [0.29, 0.717) is 37.5 Å². The first-order valence-corrected chi connectivity index (χ1v) is 11.8. The number of carbonyl (C=O) groups excluding carboxylic acids is 1. The van der Waals surface area contributed by atoms with E-state index in [0.717, 1.165) is 11.3 Å². The Labute approximate surface area is 210 Å². The molecule has 1 aromatic heterocycles. The number of amides is 1. The summed E-state index contributed by atoms with van der Waals surface area (Å²) in [5.41, 5.74) is 1.26. The van der Waals surface area contributed by atoms with E-state index in [-0.39, 0.29) is 37.0 Å². The first kappa shape index (κ1) is 25.6. The standard InChI is InChI=1S/C26H32N4O6/c1-26(16-31,17-32)15-29(2)12-18-4-8-21(9-5-18)35-22-13-30(14-22)25(33)24-28-27-23(36-24)19-6-10-20(34-3)11-7-19/h4-11,22,31-32H,12-17H2,1-3H3. The highest BCUT2D eigenvalue weighted by Crippen LogP contribution is 2.24. The predicted octanol–water partition coefficient (Wildman–Crippen LogP) is 2.07. The summed E-state index contributed by atoms with van der Waals surface area (Å²) in [5, 5.41) is 26.9. The van der Waals surface area contributed by atoms with Crippen molar-refractivity contribution in [1.29, 1.82) is 0 Å². The quantitative estimate of drug-likeness (QED) is 0.411. The largest absolute Gasteiger partial charge is 0.497 e. The number of aliphatic hydroxyl groups is 2. The van der Waals surface area contributed by atoms with E-state index in [1.165, 1.54) is 0 Å². The van der Waals surface area contributed by atoms with Gasteiger partial charge in [-0.05, 0) is 49.0 Å². The first-order valence-electron chi connectivity index (χ1n) is 11.8. The maximum absolute atomic E-state index is 12.7. The minimum absolute atomic E-state index is 0.0498. The second-order valence-electron chi connectivity index (χ2n) is 9.53. The number of methoxy groups -OCH3 is 1. The van der Waals surface area contributed by atoms with Crippen LogP contribution in [0.5, 0.6) is 11.5 Å². The van der Waals surface area contributed by atoms with E-state index in [1.54, 1.807) is 36.3 Å². The molecule has 0 atom stereocenters. The molecule has 3 aromatic rings. The van der Waals surface area contributed by atoms with Crippen molar-refractivity contribution in [3.8, 4) is 23.0 Å². The normalized spacial score (nSPS) is 14.1. The van der Waals surface area contributed by atoms with Gasteiger partial charge in [0.05, 0.1) is 33.4 Å². The van der Waals surface area contributed by atoms with Gasteiger partial charge in [0.1, 0.15) is 17.6 Å². The molecule has 0 radical (unpaired) electrons. The maximum Gasteiger partial charge on any atom is 0.311 e. The molecular formula is C26H32N4O6. The number of hydrogen-bond donors (Lipinski definition) is 2. The minimum atomic E-state index is -0.538. The van der Waals surface area contributed by atoms with Crippen LogP contribution in [0.1, 0.15) is 23.2 Å². The molecule has 1 aliphatic rings. The molecule has 36 heavy (non-hydrogen) atoms. The molecule has 1 amide bonds. The molecule has 2 aromatic carbocycles. The first-order chi connectivity index (χ1) is 17.3. The Morgan fingerprint density at radius 1 is 1.08 bits per heavy atom. The van der Waals surface area contributed by atoms with E-state index in [9.17, 15) is 15.0 Å². The van der Waals surface area contributed by atoms with Gasteiger partial charge in [-0.2, -0.15) is 0 Å². The fraction of sp³-hybridized carbons (Fsp3) is 0.423. The van der Waals surface area contributed by atoms with Crippen LogP contribution < -0.4 is 9.47 Å². The molecule has 1 saturated heterocycles. The summed E-state index contributed by atoms with van der Waals surface area (Å²) in [6.07, 6.45) is -0.110. The highest BCUT2D eigenvalue weighted by molar-refractivity contribution is 5.90. The summed E-state index contributed by atoms with van der Waals surface area (Å²) in [6, 6.07) is 14.9. The third-order valence-electron chi connectivity index (χ3n) is 6.17. The smallest absolute Gasteiger partial charge is 0.311 e. The monoisotopic (exact) mass is 496 g/mol. The SMILES string of the molecule is COc1ccc(-c2nnc(C(=O)N3CC(Oc4ccc(CN(C)CC(C)(CO)CO)cc4)C3)o2)cc1. The Hall–Kier alpha value is -3.47. The summed E-state index contributed by atoms with van der Waals surface area (Å²) < 4.78 is 16.7. The highest BCUT2D eigenvalue weighted by Gasteiger charge is 2.35. The van der Waals surface area contributed by atoms with Crippen molar-refractivity contribution in [3.05, 3.63) is 60.0 Å². The van der Waals surface area contributed by atoms with E-state index < -0.39 is 5.41 Å². The Morgan fingerprint density at radius 2 is 1.72 bits per heavy atom. The summed E-state index contributed by atoms with van der Waals surface area (Å²) in [4.78, 5) is 16.4. The van der Waals surface area contributed by atoms with Crippen LogP contribution >= 0.6 is 0 Å². The third-order valence-corrected chi connectivity index (χ3v) is 6.17. The van der Waals surface area contributed by atoms with Crippen molar-refractivity contribution in [2.45, 2.75) is 19.6 Å². The third kappa shape index (κ3) is 6.01. The average molecular weight is 497 g/mol. The van der Waals surface area contributed by atoms with Crippen LogP contribution in [0.25, 0.3) is 11.5 Å². The lowest BCUT2D eigenvalue weighted by atomic mass is 9.92. The number of ether oxygens (including phenoxy) is 2. The molecule has 2 heterocycles. The molecule has 1 aliphatic heterocycles. The molecule has 0 aliphatic carbocycles. The molecule has 4 rings (SSSR count). The number of benzene rings is 2. The second-order valence-corrected chi connectivity index (χ2v) is 9.53. The molecule has 0 bridgehead atoms. The number of rotatable bonds is 11. The number of nitrogens with zero attached hydrogens (tertiary/aromatic N) is 4. The summed E-state index contributed by atoms with van der Waals surface area (Å²) >= 11 is 0. The van der Waals surface area contributed by atoms with Crippen LogP contribution in [0.15, 0.2) is 52.9 Å². The van der Waals surface area contributed by atoms with Crippen molar-refractivity contribution in [2.75, 3.05) is 47.0 Å². The van der Waals surface area contributed by atoms with Crippen molar-refractivity contribution < 1.29 is 28.9 Å². The van der Waals surface area contributed by atoms with Gasteiger partial charge in [-0.15, -0.1) is 10.2 Å². The molecule has 10 heteroatoms. The molecule has 0 unspecified atom stereocenters. The lowest BCUT2D eigenvalue weighted by Crippen LogP contribution is -2.56. The molecule has 1 fully saturated rings. The van der Waals surface area contributed by atoms with E-state index >= 15 is 0 Å². The molecular weight excluding hydrogens is 464 g/mol. The number of hydrogen-bond acceptors (Lipinski definition) is 9. The maximum atomic E-state index is 12.7. The molecule has 192 valence electrons. The topological polar surface area (TPSA) is 121 Å². The van der Waals surface area contributed by atoms with E-state index in [4.69, 9.17) is 13.9 Å². The number of carbonyl (C=O) groups is 1. The molecule has 10 nitrogen and oxygen atoms in total. The van der Waals surface area contributed by atoms with Crippen molar-refractivity contribution in [1.82, 2.24) is 20.0 Å². The van der Waals surface area contributed by atoms with Gasteiger partial charge in [-0.3, -0.25) is 4.79 Å². The van der Waals surface area contributed by atoms with Crippen molar-refractivity contribution in [2.24, 2.45) is 5.41 Å². The van der Waals surface area contributed by atoms with Crippen LogP contribution in [0, 0.1) is 5.41 Å². The summed E-state index contributed by atoms with van der Waals surface area (Å²) in [6.45, 7) is 3.84. The number of aromatic nitrogens is 2. The summed E-state index contributed by atoms with van der Waals surface area (Å²) in [7, 11) is 3.55. The van der Waals surface area contributed by atoms with Gasteiger partial charge < -0.3 is 33.9 Å². The van der Waals surface area contributed by atoms with Crippen LogP contribution in [0.3, 0.4) is 0 Å². The Kier molecular flexibility index (Phi) is 7.88. The van der Waals surface area contributed by atoms with Gasteiger partial charge in [0, 0.05) is 24.1 Å². The Balaban J connectivity index is 1.24. The van der Waals surface area contributed by atoms with Crippen LogP contribution in [-0.4, -0.2) is 89.2 Å². The van der Waals surface area contributed by atoms with Gasteiger partial charge in [0.15, 0.2) is 0 Å². The van der Waals surface area contributed by atoms with Crippen LogP contribution in [-0.2, 0) is 6.54 Å².